The number of aryl methyl sites for hydroxylation is 2. The number of aliphatic carboxylic acids is 1. The standard InChI is InChI=1S/C14H19NO3S/c1-11-3-2-4-12(9-11)5-6-13(16)15-7-8-19-10-14(17)18/h2-4,9H,5-8,10H2,1H3,(H,15,16)(H,17,18). The molecular weight excluding hydrogens is 262 g/mol. The van der Waals surface area contributed by atoms with Gasteiger partial charge in [0.15, 0.2) is 0 Å². The van der Waals surface area contributed by atoms with E-state index in [1.165, 1.54) is 17.3 Å². The highest BCUT2D eigenvalue weighted by atomic mass is 32.2. The molecule has 0 unspecified atom stereocenters. The number of benzene rings is 1. The van der Waals surface area contributed by atoms with Crippen molar-refractivity contribution in [2.45, 2.75) is 19.8 Å². The fraction of sp³-hybridized carbons (Fsp3) is 0.429. The number of thioether (sulfide) groups is 1. The van der Waals surface area contributed by atoms with Crippen molar-refractivity contribution in [3.8, 4) is 0 Å². The lowest BCUT2D eigenvalue weighted by Crippen LogP contribution is -2.26. The number of carbonyl (C=O) groups excluding carboxylic acids is 1. The van der Waals surface area contributed by atoms with Crippen LogP contribution in [0.3, 0.4) is 0 Å². The molecule has 0 spiro atoms. The molecule has 0 aliphatic rings. The van der Waals surface area contributed by atoms with Crippen LogP contribution in [0.2, 0.25) is 0 Å². The molecule has 0 bridgehead atoms. The molecule has 0 atom stereocenters. The summed E-state index contributed by atoms with van der Waals surface area (Å²) in [7, 11) is 0. The quantitative estimate of drug-likeness (QED) is 0.714. The van der Waals surface area contributed by atoms with Crippen molar-refractivity contribution < 1.29 is 14.7 Å². The van der Waals surface area contributed by atoms with E-state index >= 15 is 0 Å². The highest BCUT2D eigenvalue weighted by Crippen LogP contribution is 2.06. The van der Waals surface area contributed by atoms with Crippen LogP contribution in [0.15, 0.2) is 24.3 Å². The fourth-order valence-corrected chi connectivity index (χ4v) is 2.20. The molecule has 2 N–H and O–H groups in total. The maximum absolute atomic E-state index is 11.6. The highest BCUT2D eigenvalue weighted by Gasteiger charge is 2.02. The molecule has 0 radical (unpaired) electrons. The molecule has 19 heavy (non-hydrogen) atoms. The number of carboxylic acid groups (broad SMARTS) is 1. The minimum absolute atomic E-state index is 0.0115. The van der Waals surface area contributed by atoms with E-state index in [0.29, 0.717) is 18.7 Å². The average molecular weight is 281 g/mol. The first kappa shape index (κ1) is 15.6. The zero-order chi connectivity index (χ0) is 14.1. The Hall–Kier alpha value is -1.49. The van der Waals surface area contributed by atoms with Crippen molar-refractivity contribution in [1.29, 1.82) is 0 Å². The van der Waals surface area contributed by atoms with E-state index in [-0.39, 0.29) is 11.7 Å². The number of rotatable bonds is 8. The number of hydrogen-bond acceptors (Lipinski definition) is 3. The average Bonchev–Trinajstić information content (AvgIpc) is 2.35. The lowest BCUT2D eigenvalue weighted by Gasteiger charge is -2.05. The summed E-state index contributed by atoms with van der Waals surface area (Å²) in [4.78, 5) is 21.8. The van der Waals surface area contributed by atoms with Crippen LogP contribution in [0.4, 0.5) is 0 Å². The second-order valence-electron chi connectivity index (χ2n) is 4.29. The Balaban J connectivity index is 2.13. The van der Waals surface area contributed by atoms with E-state index in [4.69, 9.17) is 5.11 Å². The van der Waals surface area contributed by atoms with Crippen LogP contribution in [0, 0.1) is 6.92 Å². The molecule has 0 aliphatic heterocycles. The van der Waals surface area contributed by atoms with Crippen molar-refractivity contribution in [2.24, 2.45) is 0 Å². The third-order valence-electron chi connectivity index (χ3n) is 2.52. The van der Waals surface area contributed by atoms with Gasteiger partial charge in [0.1, 0.15) is 0 Å². The van der Waals surface area contributed by atoms with Gasteiger partial charge in [0.05, 0.1) is 5.75 Å². The molecule has 0 heterocycles. The summed E-state index contributed by atoms with van der Waals surface area (Å²) < 4.78 is 0. The van der Waals surface area contributed by atoms with Crippen molar-refractivity contribution in [3.05, 3.63) is 35.4 Å². The molecule has 0 fully saturated rings. The zero-order valence-corrected chi connectivity index (χ0v) is 11.8. The number of carbonyl (C=O) groups is 2. The van der Waals surface area contributed by atoms with Gasteiger partial charge in [0.2, 0.25) is 5.91 Å². The Morgan fingerprint density at radius 3 is 2.84 bits per heavy atom. The van der Waals surface area contributed by atoms with E-state index in [0.717, 1.165) is 12.0 Å². The summed E-state index contributed by atoms with van der Waals surface area (Å²) in [6, 6.07) is 8.12. The van der Waals surface area contributed by atoms with E-state index < -0.39 is 5.97 Å². The summed E-state index contributed by atoms with van der Waals surface area (Å²) in [6.07, 6.45) is 1.20. The minimum atomic E-state index is -0.823. The summed E-state index contributed by atoms with van der Waals surface area (Å²) in [5.74, 6) is -0.102. The summed E-state index contributed by atoms with van der Waals surface area (Å²) in [5, 5.41) is 11.2. The molecule has 1 amide bonds. The van der Waals surface area contributed by atoms with Crippen LogP contribution < -0.4 is 5.32 Å². The summed E-state index contributed by atoms with van der Waals surface area (Å²) in [5.41, 5.74) is 2.36. The maximum Gasteiger partial charge on any atom is 0.313 e. The monoisotopic (exact) mass is 281 g/mol. The molecule has 1 aromatic rings. The molecule has 0 aromatic heterocycles. The SMILES string of the molecule is Cc1cccc(CCC(=O)NCCSCC(=O)O)c1. The van der Waals surface area contributed by atoms with Crippen LogP contribution >= 0.6 is 11.8 Å². The van der Waals surface area contributed by atoms with Crippen molar-refractivity contribution in [2.75, 3.05) is 18.1 Å². The van der Waals surface area contributed by atoms with Gasteiger partial charge in [0, 0.05) is 18.7 Å². The predicted molar refractivity (Wildman–Crippen MR) is 77.5 cm³/mol. The van der Waals surface area contributed by atoms with Gasteiger partial charge < -0.3 is 10.4 Å². The van der Waals surface area contributed by atoms with E-state index in [1.807, 2.05) is 25.1 Å². The molecule has 1 rings (SSSR count). The second-order valence-corrected chi connectivity index (χ2v) is 5.39. The molecule has 0 saturated carbocycles. The topological polar surface area (TPSA) is 66.4 Å². The summed E-state index contributed by atoms with van der Waals surface area (Å²) in [6.45, 7) is 2.55. The lowest BCUT2D eigenvalue weighted by atomic mass is 10.1. The molecular formula is C14H19NO3S. The molecule has 104 valence electrons. The van der Waals surface area contributed by atoms with Gasteiger partial charge in [-0.25, -0.2) is 0 Å². The van der Waals surface area contributed by atoms with Crippen molar-refractivity contribution >= 4 is 23.6 Å². The normalized spacial score (nSPS) is 10.2. The summed E-state index contributed by atoms with van der Waals surface area (Å²) >= 11 is 1.31. The third kappa shape index (κ3) is 7.51. The number of carboxylic acids is 1. The molecule has 1 aromatic carbocycles. The lowest BCUT2D eigenvalue weighted by molar-refractivity contribution is -0.133. The maximum atomic E-state index is 11.6. The Kier molecular flexibility index (Phi) is 7.03. The molecule has 0 saturated heterocycles. The van der Waals surface area contributed by atoms with Gasteiger partial charge in [-0.05, 0) is 18.9 Å². The zero-order valence-electron chi connectivity index (χ0n) is 11.0. The minimum Gasteiger partial charge on any atom is -0.481 e. The van der Waals surface area contributed by atoms with Crippen LogP contribution in [0.25, 0.3) is 0 Å². The van der Waals surface area contributed by atoms with Gasteiger partial charge in [-0.15, -0.1) is 11.8 Å². The molecule has 5 heteroatoms. The first-order chi connectivity index (χ1) is 9.08. The first-order valence-electron chi connectivity index (χ1n) is 6.19. The smallest absolute Gasteiger partial charge is 0.313 e. The number of hydrogen-bond donors (Lipinski definition) is 2. The van der Waals surface area contributed by atoms with Gasteiger partial charge >= 0.3 is 5.97 Å². The molecule has 0 aliphatic carbocycles. The Morgan fingerprint density at radius 1 is 1.37 bits per heavy atom. The van der Waals surface area contributed by atoms with Gasteiger partial charge in [-0.2, -0.15) is 0 Å². The van der Waals surface area contributed by atoms with Gasteiger partial charge in [-0.1, -0.05) is 29.8 Å². The van der Waals surface area contributed by atoms with Crippen LogP contribution in [-0.4, -0.2) is 35.0 Å². The van der Waals surface area contributed by atoms with Crippen LogP contribution in [0.1, 0.15) is 17.5 Å². The number of nitrogens with one attached hydrogen (secondary N) is 1. The fourth-order valence-electron chi connectivity index (χ4n) is 1.64. The predicted octanol–water partition coefficient (Wildman–Crippen LogP) is 1.86. The largest absolute Gasteiger partial charge is 0.481 e. The molecule has 4 nitrogen and oxygen atoms in total. The van der Waals surface area contributed by atoms with Crippen molar-refractivity contribution in [3.63, 3.8) is 0 Å². The van der Waals surface area contributed by atoms with Crippen LogP contribution in [0.5, 0.6) is 0 Å². The van der Waals surface area contributed by atoms with Crippen LogP contribution in [-0.2, 0) is 16.0 Å². The van der Waals surface area contributed by atoms with Crippen molar-refractivity contribution in [1.82, 2.24) is 5.32 Å². The first-order valence-corrected chi connectivity index (χ1v) is 7.35. The number of amides is 1. The third-order valence-corrected chi connectivity index (χ3v) is 3.46. The van der Waals surface area contributed by atoms with Gasteiger partial charge in [-0.3, -0.25) is 9.59 Å². The van der Waals surface area contributed by atoms with Gasteiger partial charge in [0.25, 0.3) is 0 Å². The second kappa shape index (κ2) is 8.58. The van der Waals surface area contributed by atoms with E-state index in [9.17, 15) is 9.59 Å². The highest BCUT2D eigenvalue weighted by molar-refractivity contribution is 7.99. The van der Waals surface area contributed by atoms with E-state index in [1.54, 1.807) is 0 Å². The Bertz CT molecular complexity index is 434. The Labute approximate surface area is 117 Å². The van der Waals surface area contributed by atoms with E-state index in [2.05, 4.69) is 11.4 Å². The Morgan fingerprint density at radius 2 is 2.16 bits per heavy atom.